The lowest BCUT2D eigenvalue weighted by molar-refractivity contribution is -0.131. The number of rotatable bonds is 11. The Balaban J connectivity index is 1.36. The van der Waals surface area contributed by atoms with Gasteiger partial charge in [-0.3, -0.25) is 14.3 Å². The zero-order valence-electron chi connectivity index (χ0n) is 19.2. The lowest BCUT2D eigenvalue weighted by atomic mass is 10.2. The predicted molar refractivity (Wildman–Crippen MR) is 127 cm³/mol. The monoisotopic (exact) mass is 450 g/mol. The molecule has 0 bridgehead atoms. The highest BCUT2D eigenvalue weighted by Gasteiger charge is 2.12. The van der Waals surface area contributed by atoms with Gasteiger partial charge in [0.25, 0.3) is 0 Å². The van der Waals surface area contributed by atoms with E-state index in [1.54, 1.807) is 24.3 Å². The third kappa shape index (κ3) is 7.95. The molecule has 0 spiro atoms. The fourth-order valence-electron chi connectivity index (χ4n) is 2.99. The summed E-state index contributed by atoms with van der Waals surface area (Å²) in [7, 11) is 1.73. The first-order chi connectivity index (χ1) is 15.9. The zero-order valence-corrected chi connectivity index (χ0v) is 19.2. The Kier molecular flexibility index (Phi) is 8.40. The van der Waals surface area contributed by atoms with Gasteiger partial charge in [-0.2, -0.15) is 5.10 Å². The predicted octanol–water partition coefficient (Wildman–Crippen LogP) is 2.87. The topological polar surface area (TPSA) is 101 Å². The summed E-state index contributed by atoms with van der Waals surface area (Å²) in [6, 6.07) is 11.6. The van der Waals surface area contributed by atoms with Gasteiger partial charge in [0, 0.05) is 32.4 Å². The number of carbonyl (C=O) groups is 2. The molecule has 0 aliphatic rings. The highest BCUT2D eigenvalue weighted by atomic mass is 16.5. The lowest BCUT2D eigenvalue weighted by Crippen LogP contribution is -2.33. The number of pyridine rings is 1. The van der Waals surface area contributed by atoms with Crippen LogP contribution in [0.4, 0.5) is 11.5 Å². The Morgan fingerprint density at radius 3 is 2.67 bits per heavy atom. The number of aromatic nitrogens is 3. The van der Waals surface area contributed by atoms with Crippen molar-refractivity contribution in [2.75, 3.05) is 37.4 Å². The number of likely N-dealkylation sites (N-methyl/N-ethyl adjacent to an activating group) is 1. The van der Waals surface area contributed by atoms with E-state index >= 15 is 0 Å². The molecule has 1 aromatic carbocycles. The van der Waals surface area contributed by atoms with E-state index in [1.165, 1.54) is 16.4 Å². The first-order valence-electron chi connectivity index (χ1n) is 10.8. The van der Waals surface area contributed by atoms with Gasteiger partial charge in [0.15, 0.2) is 0 Å². The van der Waals surface area contributed by atoms with Gasteiger partial charge >= 0.3 is 0 Å². The summed E-state index contributed by atoms with van der Waals surface area (Å²) < 4.78 is 7.18. The summed E-state index contributed by atoms with van der Waals surface area (Å²) in [5.74, 6) is 1.27. The summed E-state index contributed by atoms with van der Waals surface area (Å²) in [6.45, 7) is 5.41. The number of nitrogens with one attached hydrogen (secondary N) is 2. The van der Waals surface area contributed by atoms with E-state index in [1.807, 2.05) is 50.2 Å². The van der Waals surface area contributed by atoms with Crippen LogP contribution < -0.4 is 15.4 Å². The fourth-order valence-corrected chi connectivity index (χ4v) is 2.99. The summed E-state index contributed by atoms with van der Waals surface area (Å²) in [6.07, 6.45) is 5.18. The van der Waals surface area contributed by atoms with E-state index in [0.717, 1.165) is 17.1 Å². The van der Waals surface area contributed by atoms with E-state index in [0.29, 0.717) is 25.4 Å². The molecule has 2 heterocycles. The van der Waals surface area contributed by atoms with Crippen LogP contribution in [0.1, 0.15) is 17.5 Å². The molecule has 0 saturated heterocycles. The van der Waals surface area contributed by atoms with Crippen LogP contribution in [0, 0.1) is 13.8 Å². The maximum atomic E-state index is 12.4. The lowest BCUT2D eigenvalue weighted by Gasteiger charge is -2.17. The van der Waals surface area contributed by atoms with Crippen LogP contribution in [0.25, 0.3) is 0 Å². The maximum absolute atomic E-state index is 12.4. The van der Waals surface area contributed by atoms with Crippen molar-refractivity contribution in [1.82, 2.24) is 19.7 Å². The molecule has 2 amide bonds. The van der Waals surface area contributed by atoms with Gasteiger partial charge in [-0.15, -0.1) is 0 Å². The van der Waals surface area contributed by atoms with Crippen LogP contribution in [0.3, 0.4) is 0 Å². The Morgan fingerprint density at radius 1 is 1.12 bits per heavy atom. The molecule has 0 aliphatic heterocycles. The Hall–Kier alpha value is -3.88. The molecule has 0 unspecified atom stereocenters. The minimum absolute atomic E-state index is 0.0808. The zero-order chi connectivity index (χ0) is 23.6. The van der Waals surface area contributed by atoms with E-state index in [9.17, 15) is 9.59 Å². The van der Waals surface area contributed by atoms with E-state index in [-0.39, 0.29) is 24.8 Å². The van der Waals surface area contributed by atoms with Gasteiger partial charge in [-0.25, -0.2) is 4.98 Å². The minimum atomic E-state index is -0.147. The third-order valence-corrected chi connectivity index (χ3v) is 4.93. The van der Waals surface area contributed by atoms with Crippen LogP contribution in [-0.2, 0) is 16.1 Å². The number of hydrogen-bond donors (Lipinski definition) is 2. The summed E-state index contributed by atoms with van der Waals surface area (Å²) in [5.41, 5.74) is 2.82. The van der Waals surface area contributed by atoms with E-state index < -0.39 is 0 Å². The molecule has 0 atom stereocenters. The number of hydrogen-bond acceptors (Lipinski definition) is 6. The van der Waals surface area contributed by atoms with Crippen molar-refractivity contribution >= 4 is 23.3 Å². The second-order valence-corrected chi connectivity index (χ2v) is 7.85. The third-order valence-electron chi connectivity index (χ3n) is 4.93. The largest absolute Gasteiger partial charge is 0.492 e. The highest BCUT2D eigenvalue weighted by Crippen LogP contribution is 2.11. The number of nitrogens with zero attached hydrogens (tertiary/aromatic N) is 4. The van der Waals surface area contributed by atoms with Crippen LogP contribution in [0.15, 0.2) is 55.0 Å². The number of amides is 2. The standard InChI is InChI=1S/C24H30N6O3/c1-18-4-6-21(7-5-18)33-13-12-29(3)24(32)17-30-16-20(15-27-30)28-23(31)9-11-26-22-14-19(2)8-10-25-22/h4-8,10,14-16H,9,11-13,17H2,1-3H3,(H,25,26)(H,28,31). The molecule has 0 radical (unpaired) electrons. The van der Waals surface area contributed by atoms with Gasteiger partial charge in [0.05, 0.1) is 18.4 Å². The van der Waals surface area contributed by atoms with Crippen molar-refractivity contribution in [3.63, 3.8) is 0 Å². The number of carbonyl (C=O) groups excluding carboxylic acids is 2. The molecule has 0 fully saturated rings. The molecular weight excluding hydrogens is 420 g/mol. The Bertz CT molecular complexity index is 1060. The van der Waals surface area contributed by atoms with Crippen molar-refractivity contribution in [2.24, 2.45) is 0 Å². The first-order valence-corrected chi connectivity index (χ1v) is 10.8. The van der Waals surface area contributed by atoms with Gasteiger partial charge in [0.2, 0.25) is 11.8 Å². The number of aryl methyl sites for hydroxylation is 2. The SMILES string of the molecule is Cc1ccc(OCCN(C)C(=O)Cn2cc(NC(=O)CCNc3cc(C)ccn3)cn2)cc1. The molecule has 3 rings (SSSR count). The van der Waals surface area contributed by atoms with Gasteiger partial charge in [-0.1, -0.05) is 17.7 Å². The number of benzene rings is 1. The summed E-state index contributed by atoms with van der Waals surface area (Å²) in [5, 5.41) is 10.1. The van der Waals surface area contributed by atoms with Gasteiger partial charge in [0.1, 0.15) is 24.7 Å². The van der Waals surface area contributed by atoms with Gasteiger partial charge < -0.3 is 20.3 Å². The molecule has 2 N–H and O–H groups in total. The second kappa shape index (κ2) is 11.7. The van der Waals surface area contributed by atoms with Crippen molar-refractivity contribution < 1.29 is 14.3 Å². The normalized spacial score (nSPS) is 10.5. The molecule has 0 aliphatic carbocycles. The van der Waals surface area contributed by atoms with Crippen LogP contribution in [-0.4, -0.2) is 58.2 Å². The Morgan fingerprint density at radius 2 is 1.91 bits per heavy atom. The summed E-state index contributed by atoms with van der Waals surface area (Å²) in [4.78, 5) is 30.4. The van der Waals surface area contributed by atoms with Crippen molar-refractivity contribution in [1.29, 1.82) is 0 Å². The molecular formula is C24H30N6O3. The highest BCUT2D eigenvalue weighted by molar-refractivity contribution is 5.90. The van der Waals surface area contributed by atoms with Crippen molar-refractivity contribution in [2.45, 2.75) is 26.8 Å². The molecule has 174 valence electrons. The van der Waals surface area contributed by atoms with Crippen LogP contribution in [0.5, 0.6) is 5.75 Å². The molecule has 9 nitrogen and oxygen atoms in total. The molecule has 3 aromatic rings. The quantitative estimate of drug-likeness (QED) is 0.466. The summed E-state index contributed by atoms with van der Waals surface area (Å²) >= 11 is 0. The minimum Gasteiger partial charge on any atom is -0.492 e. The van der Waals surface area contributed by atoms with Crippen molar-refractivity contribution in [3.05, 3.63) is 66.1 Å². The average Bonchev–Trinajstić information content (AvgIpc) is 3.21. The smallest absolute Gasteiger partial charge is 0.244 e. The van der Waals surface area contributed by atoms with Crippen molar-refractivity contribution in [3.8, 4) is 5.75 Å². The van der Waals surface area contributed by atoms with E-state index in [2.05, 4.69) is 20.7 Å². The van der Waals surface area contributed by atoms with Crippen LogP contribution >= 0.6 is 0 Å². The molecule has 0 saturated carbocycles. The first kappa shape index (κ1) is 23.8. The maximum Gasteiger partial charge on any atom is 0.244 e. The van der Waals surface area contributed by atoms with Crippen LogP contribution in [0.2, 0.25) is 0 Å². The number of anilines is 2. The fraction of sp³-hybridized carbons (Fsp3) is 0.333. The average molecular weight is 451 g/mol. The van der Waals surface area contributed by atoms with Gasteiger partial charge in [-0.05, 0) is 43.7 Å². The van der Waals surface area contributed by atoms with E-state index in [4.69, 9.17) is 4.74 Å². The molecule has 9 heteroatoms. The number of ether oxygens (including phenoxy) is 1. The molecule has 2 aromatic heterocycles. The Labute approximate surface area is 193 Å². The molecule has 33 heavy (non-hydrogen) atoms. The second-order valence-electron chi connectivity index (χ2n) is 7.85.